The van der Waals surface area contributed by atoms with Gasteiger partial charge in [0.2, 0.25) is 5.56 Å². The van der Waals surface area contributed by atoms with Crippen molar-refractivity contribution in [2.45, 2.75) is 13.3 Å². The summed E-state index contributed by atoms with van der Waals surface area (Å²) in [5.74, 6) is 0.800. The molecule has 1 aromatic carbocycles. The van der Waals surface area contributed by atoms with Gasteiger partial charge in [-0.3, -0.25) is 4.79 Å². The standard InChI is InChI=1S/C16H20N2O2/c1-5-11-6-9-15(19)17-16(11)13-8-7-12(20-4)10-14(13)18(2)3/h6-10H,5H2,1-4H3,(H,17,19). The second-order valence-corrected chi connectivity index (χ2v) is 4.85. The highest BCUT2D eigenvalue weighted by Gasteiger charge is 2.12. The van der Waals surface area contributed by atoms with Crippen LogP contribution in [-0.2, 0) is 6.42 Å². The van der Waals surface area contributed by atoms with Crippen LogP contribution in [0, 0.1) is 0 Å². The number of nitrogens with zero attached hydrogens (tertiary/aromatic N) is 1. The number of aryl methyl sites for hydroxylation is 1. The second kappa shape index (κ2) is 5.82. The summed E-state index contributed by atoms with van der Waals surface area (Å²) in [4.78, 5) is 16.6. The Balaban J connectivity index is 2.68. The average molecular weight is 272 g/mol. The van der Waals surface area contributed by atoms with Gasteiger partial charge in [0.15, 0.2) is 0 Å². The summed E-state index contributed by atoms with van der Waals surface area (Å²) in [6, 6.07) is 9.32. The van der Waals surface area contributed by atoms with E-state index in [2.05, 4.69) is 11.9 Å². The van der Waals surface area contributed by atoms with Crippen LogP contribution in [0.1, 0.15) is 12.5 Å². The summed E-state index contributed by atoms with van der Waals surface area (Å²) in [7, 11) is 5.60. The predicted molar refractivity (Wildman–Crippen MR) is 82.8 cm³/mol. The molecular formula is C16H20N2O2. The number of anilines is 1. The Bertz CT molecular complexity index is 660. The van der Waals surface area contributed by atoms with Crippen molar-refractivity contribution in [3.05, 3.63) is 46.2 Å². The first-order chi connectivity index (χ1) is 9.56. The Morgan fingerprint density at radius 1 is 1.20 bits per heavy atom. The first kappa shape index (κ1) is 14.2. The van der Waals surface area contributed by atoms with Crippen molar-refractivity contribution in [2.24, 2.45) is 0 Å². The first-order valence-corrected chi connectivity index (χ1v) is 6.64. The van der Waals surface area contributed by atoms with Gasteiger partial charge in [0.25, 0.3) is 0 Å². The number of H-pyrrole nitrogens is 1. The number of aromatic amines is 1. The number of aromatic nitrogens is 1. The highest BCUT2D eigenvalue weighted by atomic mass is 16.5. The van der Waals surface area contributed by atoms with Crippen LogP contribution in [0.2, 0.25) is 0 Å². The van der Waals surface area contributed by atoms with Crippen molar-refractivity contribution in [3.8, 4) is 17.0 Å². The predicted octanol–water partition coefficient (Wildman–Crippen LogP) is 2.68. The minimum absolute atomic E-state index is 0.0854. The fraction of sp³-hybridized carbons (Fsp3) is 0.312. The van der Waals surface area contributed by atoms with Crippen LogP contribution in [-0.4, -0.2) is 26.2 Å². The molecule has 0 unspecified atom stereocenters. The largest absolute Gasteiger partial charge is 0.497 e. The summed E-state index contributed by atoms with van der Waals surface area (Å²) < 4.78 is 5.28. The quantitative estimate of drug-likeness (QED) is 0.930. The average Bonchev–Trinajstić information content (AvgIpc) is 2.46. The minimum Gasteiger partial charge on any atom is -0.497 e. The minimum atomic E-state index is -0.0854. The maximum Gasteiger partial charge on any atom is 0.248 e. The summed E-state index contributed by atoms with van der Waals surface area (Å²) in [6.45, 7) is 2.08. The van der Waals surface area contributed by atoms with E-state index in [-0.39, 0.29) is 5.56 Å². The highest BCUT2D eigenvalue weighted by molar-refractivity contribution is 5.79. The Labute approximate surface area is 119 Å². The normalized spacial score (nSPS) is 10.4. The van der Waals surface area contributed by atoms with Crippen molar-refractivity contribution in [1.29, 1.82) is 0 Å². The van der Waals surface area contributed by atoms with E-state index in [0.29, 0.717) is 0 Å². The molecule has 0 saturated carbocycles. The monoisotopic (exact) mass is 272 g/mol. The van der Waals surface area contributed by atoms with E-state index in [4.69, 9.17) is 4.74 Å². The molecule has 0 spiro atoms. The van der Waals surface area contributed by atoms with Gasteiger partial charge in [0.1, 0.15) is 5.75 Å². The lowest BCUT2D eigenvalue weighted by Gasteiger charge is -2.19. The van der Waals surface area contributed by atoms with Crippen molar-refractivity contribution in [1.82, 2.24) is 4.98 Å². The van der Waals surface area contributed by atoms with Crippen LogP contribution >= 0.6 is 0 Å². The molecule has 0 aliphatic heterocycles. The van der Waals surface area contributed by atoms with E-state index in [9.17, 15) is 4.79 Å². The molecule has 0 atom stereocenters. The lowest BCUT2D eigenvalue weighted by molar-refractivity contribution is 0.415. The third-order valence-corrected chi connectivity index (χ3v) is 3.34. The number of benzene rings is 1. The van der Waals surface area contributed by atoms with E-state index in [0.717, 1.165) is 34.7 Å². The number of hydrogen-bond acceptors (Lipinski definition) is 3. The van der Waals surface area contributed by atoms with Crippen LogP contribution in [0.4, 0.5) is 5.69 Å². The van der Waals surface area contributed by atoms with Crippen molar-refractivity contribution < 1.29 is 4.74 Å². The molecule has 1 heterocycles. The molecule has 0 saturated heterocycles. The third-order valence-electron chi connectivity index (χ3n) is 3.34. The first-order valence-electron chi connectivity index (χ1n) is 6.64. The molecule has 0 bridgehead atoms. The zero-order valence-electron chi connectivity index (χ0n) is 12.4. The van der Waals surface area contributed by atoms with Crippen LogP contribution in [0.3, 0.4) is 0 Å². The molecule has 0 radical (unpaired) electrons. The molecule has 1 N–H and O–H groups in total. The summed E-state index contributed by atoms with van der Waals surface area (Å²) in [5.41, 5.74) is 3.94. The number of nitrogens with one attached hydrogen (secondary N) is 1. The Kier molecular flexibility index (Phi) is 4.13. The molecule has 2 aromatic rings. The van der Waals surface area contributed by atoms with Crippen molar-refractivity contribution in [2.75, 3.05) is 26.1 Å². The third kappa shape index (κ3) is 2.69. The van der Waals surface area contributed by atoms with Gasteiger partial charge in [0.05, 0.1) is 12.8 Å². The van der Waals surface area contributed by atoms with E-state index in [1.807, 2.05) is 43.3 Å². The van der Waals surface area contributed by atoms with Gasteiger partial charge in [-0.05, 0) is 24.1 Å². The van der Waals surface area contributed by atoms with E-state index in [1.54, 1.807) is 13.2 Å². The van der Waals surface area contributed by atoms with Gasteiger partial charge in [0, 0.05) is 37.5 Å². The fourth-order valence-electron chi connectivity index (χ4n) is 2.26. The molecule has 4 nitrogen and oxygen atoms in total. The molecule has 0 fully saturated rings. The van der Waals surface area contributed by atoms with Gasteiger partial charge in [-0.1, -0.05) is 13.0 Å². The Morgan fingerprint density at radius 2 is 1.95 bits per heavy atom. The van der Waals surface area contributed by atoms with Gasteiger partial charge in [-0.25, -0.2) is 0 Å². The van der Waals surface area contributed by atoms with Crippen LogP contribution in [0.5, 0.6) is 5.75 Å². The van der Waals surface area contributed by atoms with Gasteiger partial charge in [-0.2, -0.15) is 0 Å². The van der Waals surface area contributed by atoms with Crippen molar-refractivity contribution in [3.63, 3.8) is 0 Å². The zero-order chi connectivity index (χ0) is 14.7. The molecular weight excluding hydrogens is 252 g/mol. The van der Waals surface area contributed by atoms with Crippen LogP contribution < -0.4 is 15.2 Å². The zero-order valence-corrected chi connectivity index (χ0v) is 12.4. The summed E-state index contributed by atoms with van der Waals surface area (Å²) in [5, 5.41) is 0. The van der Waals surface area contributed by atoms with Gasteiger partial charge in [-0.15, -0.1) is 0 Å². The van der Waals surface area contributed by atoms with Crippen LogP contribution in [0.15, 0.2) is 35.1 Å². The highest BCUT2D eigenvalue weighted by Crippen LogP contribution is 2.33. The maximum atomic E-state index is 11.6. The van der Waals surface area contributed by atoms with Crippen molar-refractivity contribution >= 4 is 5.69 Å². The molecule has 4 heteroatoms. The van der Waals surface area contributed by atoms with E-state index >= 15 is 0 Å². The molecule has 106 valence electrons. The SMILES string of the molecule is CCc1ccc(=O)[nH]c1-c1ccc(OC)cc1N(C)C. The summed E-state index contributed by atoms with van der Waals surface area (Å²) in [6.07, 6.45) is 0.866. The van der Waals surface area contributed by atoms with Crippen LogP contribution in [0.25, 0.3) is 11.3 Å². The number of pyridine rings is 1. The number of rotatable bonds is 4. The molecule has 0 aliphatic rings. The fourth-order valence-corrected chi connectivity index (χ4v) is 2.26. The second-order valence-electron chi connectivity index (χ2n) is 4.85. The van der Waals surface area contributed by atoms with Gasteiger partial charge < -0.3 is 14.6 Å². The molecule has 20 heavy (non-hydrogen) atoms. The van der Waals surface area contributed by atoms with E-state index in [1.165, 1.54) is 0 Å². The summed E-state index contributed by atoms with van der Waals surface area (Å²) >= 11 is 0. The maximum absolute atomic E-state index is 11.6. The molecule has 0 aliphatic carbocycles. The lowest BCUT2D eigenvalue weighted by Crippen LogP contribution is -2.13. The smallest absolute Gasteiger partial charge is 0.248 e. The Hall–Kier alpha value is -2.23. The molecule has 0 amide bonds. The Morgan fingerprint density at radius 3 is 2.55 bits per heavy atom. The topological polar surface area (TPSA) is 45.3 Å². The molecule has 1 aromatic heterocycles. The lowest BCUT2D eigenvalue weighted by atomic mass is 10.0. The number of ether oxygens (including phenoxy) is 1. The number of methoxy groups -OCH3 is 1. The van der Waals surface area contributed by atoms with Gasteiger partial charge >= 0.3 is 0 Å². The van der Waals surface area contributed by atoms with E-state index < -0.39 is 0 Å². The molecule has 2 rings (SSSR count). The number of hydrogen-bond donors (Lipinski definition) is 1.